The average Bonchev–Trinajstić information content (AvgIpc) is 2.73. The molecule has 7 heteroatoms. The monoisotopic (exact) mass is 425 g/mol. The number of sulfonamides is 1. The molecule has 1 fully saturated rings. The number of aryl methyl sites for hydroxylation is 1. The van der Waals surface area contributed by atoms with Crippen LogP contribution in [0.1, 0.15) is 48.5 Å². The molecule has 1 aromatic heterocycles. The summed E-state index contributed by atoms with van der Waals surface area (Å²) in [6, 6.07) is 13.1. The SMILES string of the molecule is Cc1cc([C@@H](C)Nc2ccccc2S(N)(=O)=O)c2cc(C3CCOCC3)ncc2c1. The standard InChI is InChI=1S/C23H27N3O3S/c1-15-11-18-14-25-22(17-7-9-29-10-8-17)13-20(18)19(12-15)16(2)26-21-5-3-4-6-23(21)30(24,27)28/h3-6,11-14,16-17,26H,7-10H2,1-2H3,(H2,24,27,28)/t16-/m1/s1. The van der Waals surface area contributed by atoms with E-state index in [1.54, 1.807) is 18.2 Å². The fourth-order valence-electron chi connectivity index (χ4n) is 4.18. The van der Waals surface area contributed by atoms with Crippen LogP contribution in [0.25, 0.3) is 10.8 Å². The number of benzene rings is 2. The van der Waals surface area contributed by atoms with Gasteiger partial charge in [0.15, 0.2) is 0 Å². The third kappa shape index (κ3) is 4.33. The molecule has 0 aliphatic carbocycles. The predicted octanol–water partition coefficient (Wildman–Crippen LogP) is 4.26. The van der Waals surface area contributed by atoms with E-state index in [0.717, 1.165) is 53.6 Å². The minimum Gasteiger partial charge on any atom is -0.381 e. The molecule has 0 unspecified atom stereocenters. The van der Waals surface area contributed by atoms with E-state index in [1.165, 1.54) is 6.07 Å². The molecule has 3 N–H and O–H groups in total. The summed E-state index contributed by atoms with van der Waals surface area (Å²) in [4.78, 5) is 4.83. The summed E-state index contributed by atoms with van der Waals surface area (Å²) in [6.45, 7) is 5.63. The smallest absolute Gasteiger partial charge is 0.240 e. The van der Waals surface area contributed by atoms with Crippen LogP contribution in [0.4, 0.5) is 5.69 Å². The van der Waals surface area contributed by atoms with Gasteiger partial charge in [0.25, 0.3) is 0 Å². The number of hydrogen-bond acceptors (Lipinski definition) is 5. The lowest BCUT2D eigenvalue weighted by Crippen LogP contribution is -2.17. The predicted molar refractivity (Wildman–Crippen MR) is 119 cm³/mol. The van der Waals surface area contributed by atoms with Crippen molar-refractivity contribution in [1.82, 2.24) is 4.98 Å². The highest BCUT2D eigenvalue weighted by atomic mass is 32.2. The Bertz CT molecular complexity index is 1170. The van der Waals surface area contributed by atoms with Crippen LogP contribution in [0, 0.1) is 6.92 Å². The number of nitrogens with zero attached hydrogens (tertiary/aromatic N) is 1. The van der Waals surface area contributed by atoms with E-state index < -0.39 is 10.0 Å². The van der Waals surface area contributed by atoms with Crippen molar-refractivity contribution in [2.75, 3.05) is 18.5 Å². The molecule has 1 aliphatic rings. The third-order valence-electron chi connectivity index (χ3n) is 5.70. The van der Waals surface area contributed by atoms with Gasteiger partial charge in [-0.15, -0.1) is 0 Å². The van der Waals surface area contributed by atoms with Gasteiger partial charge in [-0.1, -0.05) is 23.8 Å². The van der Waals surface area contributed by atoms with Crippen LogP contribution >= 0.6 is 0 Å². The number of ether oxygens (including phenoxy) is 1. The van der Waals surface area contributed by atoms with Gasteiger partial charge in [-0.25, -0.2) is 13.6 Å². The fraction of sp³-hybridized carbons (Fsp3) is 0.348. The number of nitrogens with one attached hydrogen (secondary N) is 1. The lowest BCUT2D eigenvalue weighted by atomic mass is 9.92. The van der Waals surface area contributed by atoms with Crippen LogP contribution in [-0.4, -0.2) is 26.6 Å². The Hall–Kier alpha value is -2.48. The number of primary sulfonamides is 1. The second-order valence-electron chi connectivity index (χ2n) is 7.98. The molecule has 0 saturated carbocycles. The highest BCUT2D eigenvalue weighted by molar-refractivity contribution is 7.89. The van der Waals surface area contributed by atoms with Crippen LogP contribution in [0.15, 0.2) is 53.6 Å². The first-order valence-corrected chi connectivity index (χ1v) is 11.7. The number of aromatic nitrogens is 1. The number of fused-ring (bicyclic) bond motifs is 1. The molecule has 0 spiro atoms. The number of hydrogen-bond donors (Lipinski definition) is 2. The van der Waals surface area contributed by atoms with Crippen molar-refractivity contribution in [2.24, 2.45) is 5.14 Å². The zero-order chi connectivity index (χ0) is 21.3. The molecule has 1 aliphatic heterocycles. The van der Waals surface area contributed by atoms with E-state index in [0.29, 0.717) is 11.6 Å². The number of anilines is 1. The summed E-state index contributed by atoms with van der Waals surface area (Å²) in [6.07, 6.45) is 3.91. The Morgan fingerprint density at radius 3 is 2.63 bits per heavy atom. The first-order valence-electron chi connectivity index (χ1n) is 10.2. The van der Waals surface area contributed by atoms with Crippen LogP contribution in [0.3, 0.4) is 0 Å². The normalized spacial score (nSPS) is 16.5. The summed E-state index contributed by atoms with van der Waals surface area (Å²) < 4.78 is 29.4. The molecule has 30 heavy (non-hydrogen) atoms. The molecule has 0 radical (unpaired) electrons. The topological polar surface area (TPSA) is 94.3 Å². The molecule has 2 heterocycles. The highest BCUT2D eigenvalue weighted by Gasteiger charge is 2.20. The van der Waals surface area contributed by atoms with Gasteiger partial charge in [0.05, 0.1) is 5.69 Å². The zero-order valence-electron chi connectivity index (χ0n) is 17.3. The Morgan fingerprint density at radius 1 is 1.17 bits per heavy atom. The van der Waals surface area contributed by atoms with Crippen LogP contribution in [0.5, 0.6) is 0 Å². The number of pyridine rings is 1. The van der Waals surface area contributed by atoms with Crippen LogP contribution in [-0.2, 0) is 14.8 Å². The lowest BCUT2D eigenvalue weighted by molar-refractivity contribution is 0.0845. The van der Waals surface area contributed by atoms with Gasteiger partial charge in [0.1, 0.15) is 4.90 Å². The van der Waals surface area contributed by atoms with Crippen molar-refractivity contribution in [3.63, 3.8) is 0 Å². The number of rotatable bonds is 5. The minimum atomic E-state index is -3.82. The molecule has 158 valence electrons. The Labute approximate surface area is 177 Å². The fourth-order valence-corrected chi connectivity index (χ4v) is 4.88. The maximum atomic E-state index is 12.0. The molecule has 3 aromatic rings. The maximum absolute atomic E-state index is 12.0. The maximum Gasteiger partial charge on any atom is 0.240 e. The number of nitrogens with two attached hydrogens (primary N) is 1. The van der Waals surface area contributed by atoms with E-state index in [2.05, 4.69) is 30.4 Å². The molecule has 0 bridgehead atoms. The molecule has 1 atom stereocenters. The first-order chi connectivity index (χ1) is 14.3. The van der Waals surface area contributed by atoms with E-state index in [9.17, 15) is 8.42 Å². The van der Waals surface area contributed by atoms with Crippen molar-refractivity contribution >= 4 is 26.5 Å². The van der Waals surface area contributed by atoms with Gasteiger partial charge in [0, 0.05) is 42.5 Å². The summed E-state index contributed by atoms with van der Waals surface area (Å²) in [5.74, 6) is 0.406. The van der Waals surface area contributed by atoms with Gasteiger partial charge in [0.2, 0.25) is 10.0 Å². The minimum absolute atomic E-state index is 0.0957. The first kappa shape index (κ1) is 20.8. The summed E-state index contributed by atoms with van der Waals surface area (Å²) in [5.41, 5.74) is 3.82. The summed E-state index contributed by atoms with van der Waals surface area (Å²) >= 11 is 0. The Balaban J connectivity index is 1.74. The van der Waals surface area contributed by atoms with Gasteiger partial charge >= 0.3 is 0 Å². The number of para-hydroxylation sites is 1. The van der Waals surface area contributed by atoms with Crippen molar-refractivity contribution in [2.45, 2.75) is 43.5 Å². The second kappa shape index (κ2) is 8.34. The van der Waals surface area contributed by atoms with E-state index in [-0.39, 0.29) is 10.9 Å². The summed E-state index contributed by atoms with van der Waals surface area (Å²) in [5, 5.41) is 11.0. The molecule has 1 saturated heterocycles. The van der Waals surface area contributed by atoms with Crippen LogP contribution in [0.2, 0.25) is 0 Å². The van der Waals surface area contributed by atoms with Crippen molar-refractivity contribution in [3.8, 4) is 0 Å². The average molecular weight is 426 g/mol. The van der Waals surface area contributed by atoms with Crippen molar-refractivity contribution in [3.05, 3.63) is 65.5 Å². The van der Waals surface area contributed by atoms with Crippen molar-refractivity contribution < 1.29 is 13.2 Å². The zero-order valence-corrected chi connectivity index (χ0v) is 18.1. The Kier molecular flexibility index (Phi) is 5.77. The second-order valence-corrected chi connectivity index (χ2v) is 9.51. The van der Waals surface area contributed by atoms with Gasteiger partial charge in [-0.3, -0.25) is 4.98 Å². The molecular weight excluding hydrogens is 398 g/mol. The largest absolute Gasteiger partial charge is 0.381 e. The lowest BCUT2D eigenvalue weighted by Gasteiger charge is -2.23. The molecule has 4 rings (SSSR count). The highest BCUT2D eigenvalue weighted by Crippen LogP contribution is 2.33. The van der Waals surface area contributed by atoms with Crippen LogP contribution < -0.4 is 10.5 Å². The van der Waals surface area contributed by atoms with E-state index in [1.807, 2.05) is 13.1 Å². The molecule has 0 amide bonds. The third-order valence-corrected chi connectivity index (χ3v) is 6.67. The summed E-state index contributed by atoms with van der Waals surface area (Å²) in [7, 11) is -3.82. The van der Waals surface area contributed by atoms with E-state index >= 15 is 0 Å². The van der Waals surface area contributed by atoms with Crippen molar-refractivity contribution in [1.29, 1.82) is 0 Å². The quantitative estimate of drug-likeness (QED) is 0.637. The van der Waals surface area contributed by atoms with Gasteiger partial charge in [-0.2, -0.15) is 0 Å². The molecular formula is C23H27N3O3S. The Morgan fingerprint density at radius 2 is 1.90 bits per heavy atom. The van der Waals surface area contributed by atoms with E-state index in [4.69, 9.17) is 14.9 Å². The molecule has 2 aromatic carbocycles. The molecule has 6 nitrogen and oxygen atoms in total. The van der Waals surface area contributed by atoms with Gasteiger partial charge in [-0.05, 0) is 61.9 Å². The van der Waals surface area contributed by atoms with Gasteiger partial charge < -0.3 is 10.1 Å².